The Balaban J connectivity index is 1.52. The van der Waals surface area contributed by atoms with E-state index in [-0.39, 0.29) is 24.0 Å². The lowest BCUT2D eigenvalue weighted by molar-refractivity contribution is 0.101. The molecule has 0 bridgehead atoms. The number of rotatable bonds is 9. The van der Waals surface area contributed by atoms with Crippen LogP contribution in [0.25, 0.3) is 5.57 Å². The molecule has 1 saturated carbocycles. The molecule has 190 valence electrons. The van der Waals surface area contributed by atoms with Crippen LogP contribution in [0, 0.1) is 12.8 Å². The maximum absolute atomic E-state index is 13.5. The number of anilines is 1. The number of carbonyl (C=O) groups is 1. The number of aliphatic hydroxyl groups excluding tert-OH is 1. The van der Waals surface area contributed by atoms with Crippen LogP contribution in [0.4, 0.5) is 5.82 Å². The summed E-state index contributed by atoms with van der Waals surface area (Å²) in [6.07, 6.45) is 2.74. The molecule has 2 heterocycles. The van der Waals surface area contributed by atoms with Crippen LogP contribution in [0.5, 0.6) is 0 Å². The summed E-state index contributed by atoms with van der Waals surface area (Å²) in [5.74, 6) is -0.340. The number of thiophene rings is 1. The Kier molecular flexibility index (Phi) is 7.88. The van der Waals surface area contributed by atoms with Gasteiger partial charge >= 0.3 is 10.3 Å². The van der Waals surface area contributed by atoms with Gasteiger partial charge in [-0.25, -0.2) is 15.1 Å². The average Bonchev–Trinajstić information content (AvgIpc) is 3.38. The van der Waals surface area contributed by atoms with E-state index in [1.165, 1.54) is 23.9 Å². The first-order valence-corrected chi connectivity index (χ1v) is 13.7. The Bertz CT molecular complexity index is 1410. The minimum atomic E-state index is -4.10. The van der Waals surface area contributed by atoms with Crippen LogP contribution in [0.1, 0.15) is 44.1 Å². The molecule has 0 unspecified atom stereocenters. The van der Waals surface area contributed by atoms with E-state index in [4.69, 9.17) is 16.7 Å². The first-order chi connectivity index (χ1) is 17.0. The van der Waals surface area contributed by atoms with Crippen LogP contribution in [-0.4, -0.2) is 48.0 Å². The highest BCUT2D eigenvalue weighted by atomic mass is 35.5. The van der Waals surface area contributed by atoms with Crippen molar-refractivity contribution in [3.63, 3.8) is 0 Å². The predicted molar refractivity (Wildman–Crippen MR) is 139 cm³/mol. The SMILES string of the molecule is C=C(c1cccc(Cl)c1)c1cc(C(=O)c2cncnc2N[C@@H]2C[C@H](COS(N)(=O)=O)[C@H](O)C2)sc1C. The first kappa shape index (κ1) is 26.4. The molecular formula is C24H25ClN4O5S2. The summed E-state index contributed by atoms with van der Waals surface area (Å²) in [6.45, 7) is 5.90. The van der Waals surface area contributed by atoms with Crippen molar-refractivity contribution in [2.24, 2.45) is 11.1 Å². The Hall–Kier alpha value is -2.67. The lowest BCUT2D eigenvalue weighted by atomic mass is 9.99. The van der Waals surface area contributed by atoms with E-state index in [2.05, 4.69) is 26.0 Å². The lowest BCUT2D eigenvalue weighted by Gasteiger charge is -2.15. The quantitative estimate of drug-likeness (QED) is 0.344. The first-order valence-electron chi connectivity index (χ1n) is 11.0. The van der Waals surface area contributed by atoms with Gasteiger partial charge in [-0.15, -0.1) is 11.3 Å². The van der Waals surface area contributed by atoms with E-state index >= 15 is 0 Å². The zero-order chi connectivity index (χ0) is 26.0. The van der Waals surface area contributed by atoms with Gasteiger partial charge in [0, 0.05) is 28.1 Å². The molecular weight excluding hydrogens is 524 g/mol. The summed E-state index contributed by atoms with van der Waals surface area (Å²) in [5.41, 5.74) is 2.78. The Morgan fingerprint density at radius 3 is 2.83 bits per heavy atom. The monoisotopic (exact) mass is 548 g/mol. The van der Waals surface area contributed by atoms with Gasteiger partial charge in [0.1, 0.15) is 12.1 Å². The van der Waals surface area contributed by atoms with E-state index < -0.39 is 22.3 Å². The molecule has 0 saturated heterocycles. The third-order valence-corrected chi connectivity index (χ3v) is 7.79. The highest BCUT2D eigenvalue weighted by Gasteiger charge is 2.35. The van der Waals surface area contributed by atoms with Gasteiger partial charge in [-0.3, -0.25) is 8.98 Å². The normalized spacial score (nSPS) is 19.8. The molecule has 12 heteroatoms. The van der Waals surface area contributed by atoms with Gasteiger partial charge in [0.05, 0.1) is 23.2 Å². The zero-order valence-electron chi connectivity index (χ0n) is 19.3. The number of nitrogens with one attached hydrogen (secondary N) is 1. The number of halogens is 1. The standard InChI is InChI=1S/C24H25ClN4O5S2/c1-13(15-4-3-5-17(25)6-15)19-9-22(35-14(19)2)23(31)20-10-27-12-28-24(20)29-18-7-16(21(30)8-18)11-34-36(26,32)33/h3-6,9-10,12,16,18,21,30H,1,7-8,11H2,2H3,(H2,26,32,33)(H,27,28,29)/t16-,18-,21-/m1/s1. The Labute approximate surface area is 218 Å². The van der Waals surface area contributed by atoms with E-state index in [1.807, 2.05) is 31.2 Å². The minimum absolute atomic E-state index is 0.221. The van der Waals surface area contributed by atoms with E-state index in [9.17, 15) is 18.3 Å². The van der Waals surface area contributed by atoms with Crippen molar-refractivity contribution in [1.82, 2.24) is 9.97 Å². The maximum atomic E-state index is 13.5. The third kappa shape index (κ3) is 6.17. The highest BCUT2D eigenvalue weighted by molar-refractivity contribution is 7.84. The van der Waals surface area contributed by atoms with E-state index in [1.54, 1.807) is 6.07 Å². The molecule has 3 atom stereocenters. The van der Waals surface area contributed by atoms with Crippen LogP contribution < -0.4 is 10.5 Å². The number of hydrogen-bond acceptors (Lipinski definition) is 9. The van der Waals surface area contributed by atoms with Crippen molar-refractivity contribution in [3.05, 3.63) is 80.9 Å². The second kappa shape index (κ2) is 10.8. The van der Waals surface area contributed by atoms with Crippen LogP contribution in [0.3, 0.4) is 0 Å². The van der Waals surface area contributed by atoms with Crippen molar-refractivity contribution in [2.75, 3.05) is 11.9 Å². The molecule has 0 aliphatic heterocycles. The molecule has 4 N–H and O–H groups in total. The number of benzene rings is 1. The summed E-state index contributed by atoms with van der Waals surface area (Å²) >= 11 is 7.48. The molecule has 1 aliphatic carbocycles. The smallest absolute Gasteiger partial charge is 0.333 e. The molecule has 1 aromatic carbocycles. The van der Waals surface area contributed by atoms with Gasteiger partial charge in [-0.1, -0.05) is 30.3 Å². The van der Waals surface area contributed by atoms with Gasteiger partial charge in [0.25, 0.3) is 0 Å². The van der Waals surface area contributed by atoms with Gasteiger partial charge in [-0.2, -0.15) is 8.42 Å². The summed E-state index contributed by atoms with van der Waals surface area (Å²) < 4.78 is 26.8. The van der Waals surface area contributed by atoms with Gasteiger partial charge in [0.15, 0.2) is 0 Å². The topological polar surface area (TPSA) is 144 Å². The number of aromatic nitrogens is 2. The lowest BCUT2D eigenvalue weighted by Crippen LogP contribution is -2.24. The number of hydrogen-bond donors (Lipinski definition) is 3. The predicted octanol–water partition coefficient (Wildman–Crippen LogP) is 3.56. The van der Waals surface area contributed by atoms with E-state index in [0.717, 1.165) is 21.6 Å². The fourth-order valence-corrected chi connectivity index (χ4v) is 5.80. The minimum Gasteiger partial charge on any atom is -0.393 e. The second-order valence-electron chi connectivity index (χ2n) is 8.60. The summed E-state index contributed by atoms with van der Waals surface area (Å²) in [5, 5.41) is 19.0. The largest absolute Gasteiger partial charge is 0.393 e. The van der Waals surface area contributed by atoms with Gasteiger partial charge < -0.3 is 10.4 Å². The number of ketones is 1. The van der Waals surface area contributed by atoms with Crippen molar-refractivity contribution >= 4 is 50.4 Å². The van der Waals surface area contributed by atoms with Gasteiger partial charge in [0.2, 0.25) is 5.78 Å². The van der Waals surface area contributed by atoms with Crippen LogP contribution in [0.2, 0.25) is 5.02 Å². The number of aliphatic hydroxyl groups is 1. The number of carbonyl (C=O) groups excluding carboxylic acids is 1. The highest BCUT2D eigenvalue weighted by Crippen LogP contribution is 2.34. The van der Waals surface area contributed by atoms with Crippen molar-refractivity contribution < 1.29 is 22.5 Å². The van der Waals surface area contributed by atoms with Crippen molar-refractivity contribution in [2.45, 2.75) is 31.9 Å². The third-order valence-electron chi connectivity index (χ3n) is 6.04. The summed E-state index contributed by atoms with van der Waals surface area (Å²) in [7, 11) is -4.10. The van der Waals surface area contributed by atoms with Crippen LogP contribution >= 0.6 is 22.9 Å². The Morgan fingerprint density at radius 2 is 2.11 bits per heavy atom. The number of aryl methyl sites for hydroxylation is 1. The molecule has 0 spiro atoms. The average molecular weight is 549 g/mol. The summed E-state index contributed by atoms with van der Waals surface area (Å²) in [6, 6.07) is 8.93. The molecule has 36 heavy (non-hydrogen) atoms. The molecule has 0 radical (unpaired) electrons. The molecule has 4 rings (SSSR count). The molecule has 0 amide bonds. The number of nitrogens with two attached hydrogens (primary N) is 1. The second-order valence-corrected chi connectivity index (χ2v) is 11.5. The van der Waals surface area contributed by atoms with Crippen molar-refractivity contribution in [1.29, 1.82) is 0 Å². The number of nitrogens with zero attached hydrogens (tertiary/aromatic N) is 2. The van der Waals surface area contributed by atoms with Crippen LogP contribution in [-0.2, 0) is 14.5 Å². The van der Waals surface area contributed by atoms with Crippen LogP contribution in [0.15, 0.2) is 49.4 Å². The Morgan fingerprint density at radius 1 is 1.33 bits per heavy atom. The summed E-state index contributed by atoms with van der Waals surface area (Å²) in [4.78, 5) is 23.2. The fourth-order valence-electron chi connectivity index (χ4n) is 4.24. The zero-order valence-corrected chi connectivity index (χ0v) is 21.7. The fraction of sp³-hybridized carbons (Fsp3) is 0.292. The maximum Gasteiger partial charge on any atom is 0.333 e. The van der Waals surface area contributed by atoms with Gasteiger partial charge in [-0.05, 0) is 54.7 Å². The molecule has 2 aromatic heterocycles. The molecule has 1 aliphatic rings. The molecule has 9 nitrogen and oxygen atoms in total. The molecule has 1 fully saturated rings. The molecule has 3 aromatic rings. The van der Waals surface area contributed by atoms with Crippen molar-refractivity contribution in [3.8, 4) is 0 Å². The van der Waals surface area contributed by atoms with E-state index in [0.29, 0.717) is 28.6 Å².